The summed E-state index contributed by atoms with van der Waals surface area (Å²) in [6.07, 6.45) is 2.91. The fourth-order valence-electron chi connectivity index (χ4n) is 15.9. The van der Waals surface area contributed by atoms with Gasteiger partial charge in [0.05, 0.1) is 165 Å². The first-order valence-corrected chi connectivity index (χ1v) is 30.6. The summed E-state index contributed by atoms with van der Waals surface area (Å²) in [6.45, 7) is 33.6. The van der Waals surface area contributed by atoms with Crippen LogP contribution in [0.4, 0.5) is 0 Å². The van der Waals surface area contributed by atoms with Crippen LogP contribution in [0.1, 0.15) is 72.3 Å². The standard InChI is InChI=1S/C43H78B32/c1-14-15(2)21(8)27(22(9)16(14)3)32-28-23(10)17(4)19(6)25(12)30(28)33(31-26(13)20(7)18(5)24(11)29(31)32)34-35-36(37(44)38(62-45)39(34)65(48)49)41(69(74(59)60)75(61)64-47)43(68(72(55)56)73(57)58)42(67(63-46)71(53)54)40(35)66(50)70(51)52/h62-64H,44-61H2,1-13H3. The van der Waals surface area contributed by atoms with E-state index < -0.39 is 0 Å². The minimum atomic E-state index is 0.297. The predicted octanol–water partition coefficient (Wildman–Crippen LogP) is -15.9. The molecule has 6 aromatic rings. The van der Waals surface area contributed by atoms with Crippen molar-refractivity contribution in [3.63, 3.8) is 0 Å². The van der Waals surface area contributed by atoms with Gasteiger partial charge in [-0.15, -0.1) is 16.4 Å². The van der Waals surface area contributed by atoms with Crippen molar-refractivity contribution >= 4 is 302 Å². The molecule has 0 atom stereocenters. The van der Waals surface area contributed by atoms with Gasteiger partial charge in [0.15, 0.2) is 0 Å². The minimum Gasteiger partial charge on any atom is -0.113 e. The van der Waals surface area contributed by atoms with Crippen LogP contribution in [0, 0.1) is 90.0 Å². The van der Waals surface area contributed by atoms with E-state index in [-0.39, 0.29) is 0 Å². The van der Waals surface area contributed by atoms with Crippen LogP contribution in [0.2, 0.25) is 0 Å². The van der Waals surface area contributed by atoms with Crippen molar-refractivity contribution in [2.45, 2.75) is 90.0 Å². The minimum absolute atomic E-state index is 0.297. The van der Waals surface area contributed by atoms with Crippen LogP contribution in [-0.2, 0) is 0 Å². The van der Waals surface area contributed by atoms with Gasteiger partial charge in [0, 0.05) is 45.4 Å². The second-order valence-corrected chi connectivity index (χ2v) is 27.0. The van der Waals surface area contributed by atoms with Crippen molar-refractivity contribution in [1.29, 1.82) is 0 Å². The first-order valence-electron chi connectivity index (χ1n) is 30.6. The van der Waals surface area contributed by atoms with Crippen LogP contribution in [0.5, 0.6) is 0 Å². The summed E-state index contributed by atoms with van der Waals surface area (Å²) >= 11 is 0. The van der Waals surface area contributed by atoms with E-state index in [1.807, 2.05) is 0 Å². The Bertz CT molecular complexity index is 3140. The van der Waals surface area contributed by atoms with Gasteiger partial charge < -0.3 is 0 Å². The molecule has 0 aliphatic rings. The van der Waals surface area contributed by atoms with Crippen LogP contribution >= 0.6 is 0 Å². The molecule has 0 bridgehead atoms. The van der Waals surface area contributed by atoms with Crippen molar-refractivity contribution in [1.82, 2.24) is 0 Å². The van der Waals surface area contributed by atoms with Gasteiger partial charge in [-0.1, -0.05) is 21.9 Å². The Morgan fingerprint density at radius 2 is 0.680 bits per heavy atom. The van der Waals surface area contributed by atoms with Crippen molar-refractivity contribution < 1.29 is 0 Å². The Labute approximate surface area is 483 Å². The molecule has 0 spiro atoms. The lowest BCUT2D eigenvalue weighted by molar-refractivity contribution is 1.18. The molecule has 75 heavy (non-hydrogen) atoms. The Morgan fingerprint density at radius 3 is 1.00 bits per heavy atom. The van der Waals surface area contributed by atoms with E-state index in [0.29, 0.717) is 70.8 Å². The molecule has 0 aliphatic carbocycles. The Morgan fingerprint density at radius 1 is 0.307 bits per heavy atom. The molecule has 0 aromatic heterocycles. The quantitative estimate of drug-likeness (QED) is 0.0670. The fourth-order valence-corrected chi connectivity index (χ4v) is 15.9. The monoisotopic (exact) mass is 947 g/mol. The second kappa shape index (κ2) is 23.7. The third-order valence-electron chi connectivity index (χ3n) is 21.3. The lowest BCUT2D eigenvalue weighted by atomic mass is 8.66. The van der Waals surface area contributed by atoms with Gasteiger partial charge in [0.25, 0.3) is 0 Å². The van der Waals surface area contributed by atoms with Gasteiger partial charge in [0.2, 0.25) is 0 Å². The molecular weight excluding hydrogens is 862 g/mol. The van der Waals surface area contributed by atoms with Crippen molar-refractivity contribution in [3.05, 3.63) is 72.3 Å². The molecule has 346 valence electrons. The predicted molar refractivity (Wildman–Crippen MR) is 427 cm³/mol. The highest BCUT2D eigenvalue weighted by atomic mass is 14.3. The Kier molecular flexibility index (Phi) is 19.7. The molecule has 0 amide bonds. The number of aryl methyl sites for hydroxylation is 4. The second-order valence-electron chi connectivity index (χ2n) is 27.0. The van der Waals surface area contributed by atoms with Crippen LogP contribution in [-0.4, -0.2) is 231 Å². The molecule has 0 aliphatic heterocycles. The van der Waals surface area contributed by atoms with Crippen LogP contribution in [0.3, 0.4) is 0 Å². The molecule has 0 radical (unpaired) electrons. The maximum atomic E-state index is 2.65. The number of rotatable bonds is 16. The van der Waals surface area contributed by atoms with E-state index in [0.717, 1.165) is 21.3 Å². The molecular formula is C43H78B32. The third kappa shape index (κ3) is 10.0. The number of hydrogen-bond donors (Lipinski definition) is 0. The Balaban J connectivity index is 2.35. The summed E-state index contributed by atoms with van der Waals surface area (Å²) in [5.74, 6) is 0. The summed E-state index contributed by atoms with van der Waals surface area (Å²) in [7, 11) is 49.3. The molecule has 0 saturated heterocycles. The van der Waals surface area contributed by atoms with E-state index in [9.17, 15) is 0 Å². The first kappa shape index (κ1) is 62.4. The fraction of sp³-hybridized carbons (Fsp3) is 0.302. The summed E-state index contributed by atoms with van der Waals surface area (Å²) in [6, 6.07) is 0. The Hall–Kier alpha value is -1.82. The smallest absolute Gasteiger partial charge is 0.113 e. The first-order chi connectivity index (χ1) is 34.8. The highest BCUT2D eigenvalue weighted by Gasteiger charge is 2.43. The molecule has 0 saturated carbocycles. The molecule has 0 nitrogen and oxygen atoms in total. The lowest BCUT2D eigenvalue weighted by Crippen LogP contribution is -2.80. The van der Waals surface area contributed by atoms with Gasteiger partial charge >= 0.3 is 0 Å². The number of benzene rings is 6. The zero-order valence-corrected chi connectivity index (χ0v) is 54.5. The van der Waals surface area contributed by atoms with Crippen molar-refractivity contribution in [2.75, 3.05) is 0 Å². The highest BCUT2D eigenvalue weighted by Crippen LogP contribution is 2.52. The van der Waals surface area contributed by atoms with Crippen LogP contribution in [0.25, 0.3) is 54.6 Å². The third-order valence-corrected chi connectivity index (χ3v) is 21.3. The van der Waals surface area contributed by atoms with E-state index in [2.05, 4.69) is 229 Å². The number of fused-ring (bicyclic) bond motifs is 3. The molecule has 32 heteroatoms. The number of hydrogen-bond acceptors (Lipinski definition) is 0. The molecule has 6 rings (SSSR count). The van der Waals surface area contributed by atoms with E-state index in [1.165, 1.54) is 111 Å². The van der Waals surface area contributed by atoms with Gasteiger partial charge in [-0.3, -0.25) is 0 Å². The van der Waals surface area contributed by atoms with Crippen molar-refractivity contribution in [2.24, 2.45) is 0 Å². The van der Waals surface area contributed by atoms with Crippen LogP contribution in [0.15, 0.2) is 0 Å². The lowest BCUT2D eigenvalue weighted by Gasteiger charge is -2.42. The summed E-state index contributed by atoms with van der Waals surface area (Å²) in [5.41, 5.74) is 36.3. The topological polar surface area (TPSA) is 0 Å². The highest BCUT2D eigenvalue weighted by molar-refractivity contribution is 7.89. The largest absolute Gasteiger partial charge is 0.139 e. The normalized spacial score (nSPS) is 11.2. The average Bonchev–Trinajstić information content (AvgIpc) is 3.34. The van der Waals surface area contributed by atoms with Crippen LogP contribution < -0.4 is 38.2 Å². The van der Waals surface area contributed by atoms with E-state index >= 15 is 0 Å². The van der Waals surface area contributed by atoms with E-state index in [4.69, 9.17) is 0 Å². The summed E-state index contributed by atoms with van der Waals surface area (Å²) in [5, 5.41) is 9.16. The van der Waals surface area contributed by atoms with Gasteiger partial charge in [0.1, 0.15) is 21.5 Å². The molecule has 0 N–H and O–H groups in total. The van der Waals surface area contributed by atoms with Gasteiger partial charge in [-0.2, -0.15) is 0 Å². The van der Waals surface area contributed by atoms with Gasteiger partial charge in [-0.25, -0.2) is 0 Å². The van der Waals surface area contributed by atoms with Gasteiger partial charge in [-0.05, 0) is 217 Å². The zero-order chi connectivity index (χ0) is 56.8. The molecule has 0 fully saturated rings. The molecule has 0 unspecified atom stereocenters. The maximum Gasteiger partial charge on any atom is 0.139 e. The SMILES string of the molecule is BBB(B)B(B(B)B)c1c(B(B(B)B)B(B)B)c(B(BB)B(B)B)c(B(B)B(B)B)c2c(-c3c4c(C)c(C)c(C)c(C)c4c(-c4c(C)c(C)c(C)c(C)c4C)c4c(C)c(C)c(C)c(C)c34)c(B(B)B)c(BB)c(B)c12. The van der Waals surface area contributed by atoms with E-state index in [1.54, 1.807) is 54.6 Å². The zero-order valence-electron chi connectivity index (χ0n) is 54.5. The summed E-state index contributed by atoms with van der Waals surface area (Å²) in [4.78, 5) is 0. The maximum absolute atomic E-state index is 2.65. The van der Waals surface area contributed by atoms with Crippen molar-refractivity contribution in [3.8, 4) is 22.3 Å². The summed E-state index contributed by atoms with van der Waals surface area (Å²) < 4.78 is 0. The average molecular weight is 941 g/mol. The molecule has 6 aromatic carbocycles. The molecule has 0 heterocycles.